The van der Waals surface area contributed by atoms with Gasteiger partial charge in [0.15, 0.2) is 0 Å². The van der Waals surface area contributed by atoms with Gasteiger partial charge in [-0.1, -0.05) is 30.2 Å². The van der Waals surface area contributed by atoms with E-state index in [2.05, 4.69) is 11.8 Å². The van der Waals surface area contributed by atoms with Gasteiger partial charge < -0.3 is 9.80 Å². The average Bonchev–Trinajstić information content (AvgIpc) is 3.26. The van der Waals surface area contributed by atoms with Crippen molar-refractivity contribution in [1.82, 2.24) is 9.80 Å². The summed E-state index contributed by atoms with van der Waals surface area (Å²) in [5.74, 6) is 6.17. The van der Waals surface area contributed by atoms with E-state index in [0.717, 1.165) is 42.8 Å². The topological polar surface area (TPSA) is 40.6 Å². The van der Waals surface area contributed by atoms with Crippen molar-refractivity contribution in [1.29, 1.82) is 0 Å². The van der Waals surface area contributed by atoms with Crippen molar-refractivity contribution in [3.05, 3.63) is 58.3 Å². The summed E-state index contributed by atoms with van der Waals surface area (Å²) in [5, 5.41) is 1.94. The predicted molar refractivity (Wildman–Crippen MR) is 106 cm³/mol. The van der Waals surface area contributed by atoms with Crippen molar-refractivity contribution >= 4 is 23.2 Å². The van der Waals surface area contributed by atoms with E-state index in [1.165, 1.54) is 11.3 Å². The molecule has 2 atom stereocenters. The summed E-state index contributed by atoms with van der Waals surface area (Å²) in [6.45, 7) is 2.20. The Balaban J connectivity index is 1.43. The van der Waals surface area contributed by atoms with E-state index in [9.17, 15) is 9.59 Å². The summed E-state index contributed by atoms with van der Waals surface area (Å²) in [6, 6.07) is 13.6. The molecular weight excluding hydrogens is 356 g/mol. The third-order valence-electron chi connectivity index (χ3n) is 5.44. The van der Waals surface area contributed by atoms with E-state index in [1.54, 1.807) is 0 Å². The fourth-order valence-corrected chi connectivity index (χ4v) is 4.81. The molecule has 4 rings (SSSR count). The standard InChI is InChI=1S/C22H22N2O2S/c25-21(11-10-17-6-2-1-3-7-17)24-13-4-8-18-16-23(14-12-19(18)24)22(26)20-9-5-15-27-20/h1-3,5-7,9,15,18-19H,4,8,12-14,16H2/t18-,19+/m1/s1. The first-order chi connectivity index (χ1) is 13.2. The zero-order chi connectivity index (χ0) is 18.6. The number of hydrogen-bond acceptors (Lipinski definition) is 3. The number of carbonyl (C=O) groups excluding carboxylic acids is 2. The maximum Gasteiger partial charge on any atom is 0.299 e. The monoisotopic (exact) mass is 378 g/mol. The third-order valence-corrected chi connectivity index (χ3v) is 6.29. The Morgan fingerprint density at radius 1 is 1.04 bits per heavy atom. The molecule has 5 heteroatoms. The van der Waals surface area contributed by atoms with Crippen LogP contribution in [0.5, 0.6) is 0 Å². The summed E-state index contributed by atoms with van der Waals surface area (Å²) >= 11 is 1.49. The summed E-state index contributed by atoms with van der Waals surface area (Å²) in [4.78, 5) is 30.0. The number of hydrogen-bond donors (Lipinski definition) is 0. The number of fused-ring (bicyclic) bond motifs is 1. The molecule has 2 aliphatic rings. The van der Waals surface area contributed by atoms with Crippen LogP contribution in [0.1, 0.15) is 34.5 Å². The Labute approximate surface area is 163 Å². The van der Waals surface area contributed by atoms with Crippen LogP contribution < -0.4 is 0 Å². The minimum absolute atomic E-state index is 0.0911. The maximum absolute atomic E-state index is 12.7. The number of piperidine rings is 2. The van der Waals surface area contributed by atoms with Crippen molar-refractivity contribution in [3.8, 4) is 11.8 Å². The summed E-state index contributed by atoms with van der Waals surface area (Å²) in [5.41, 5.74) is 0.857. The minimum Gasteiger partial charge on any atom is -0.338 e. The van der Waals surface area contributed by atoms with E-state index in [0.29, 0.717) is 12.5 Å². The van der Waals surface area contributed by atoms with Crippen molar-refractivity contribution in [2.45, 2.75) is 25.3 Å². The zero-order valence-electron chi connectivity index (χ0n) is 15.1. The largest absolute Gasteiger partial charge is 0.338 e. The summed E-state index contributed by atoms with van der Waals surface area (Å²) < 4.78 is 0. The molecular formula is C22H22N2O2S. The smallest absolute Gasteiger partial charge is 0.299 e. The van der Waals surface area contributed by atoms with Crippen LogP contribution in [0.3, 0.4) is 0 Å². The van der Waals surface area contributed by atoms with E-state index >= 15 is 0 Å². The molecule has 0 unspecified atom stereocenters. The first-order valence-corrected chi connectivity index (χ1v) is 10.3. The van der Waals surface area contributed by atoms with Crippen LogP contribution in [-0.4, -0.2) is 47.3 Å². The van der Waals surface area contributed by atoms with Gasteiger partial charge in [-0.25, -0.2) is 0 Å². The van der Waals surface area contributed by atoms with E-state index in [-0.39, 0.29) is 17.9 Å². The lowest BCUT2D eigenvalue weighted by atomic mass is 9.83. The quantitative estimate of drug-likeness (QED) is 0.715. The van der Waals surface area contributed by atoms with Crippen LogP contribution in [0.2, 0.25) is 0 Å². The first-order valence-electron chi connectivity index (χ1n) is 9.43. The van der Waals surface area contributed by atoms with Gasteiger partial charge in [-0.05, 0) is 48.8 Å². The molecule has 0 spiro atoms. The second-order valence-corrected chi connectivity index (χ2v) is 8.05. The molecule has 4 nitrogen and oxygen atoms in total. The molecule has 0 saturated carbocycles. The highest BCUT2D eigenvalue weighted by molar-refractivity contribution is 7.12. The second-order valence-electron chi connectivity index (χ2n) is 7.10. The molecule has 0 bridgehead atoms. The van der Waals surface area contributed by atoms with Gasteiger partial charge in [0.2, 0.25) is 0 Å². The van der Waals surface area contributed by atoms with Gasteiger partial charge in [-0.15, -0.1) is 11.3 Å². The highest BCUT2D eigenvalue weighted by atomic mass is 32.1. The van der Waals surface area contributed by atoms with Gasteiger partial charge in [-0.3, -0.25) is 9.59 Å². The normalized spacial score (nSPS) is 21.8. The lowest BCUT2D eigenvalue weighted by Gasteiger charge is -2.46. The Hall–Kier alpha value is -2.58. The third kappa shape index (κ3) is 3.91. The molecule has 2 aliphatic heterocycles. The molecule has 27 heavy (non-hydrogen) atoms. The van der Waals surface area contributed by atoms with Crippen molar-refractivity contribution in [2.75, 3.05) is 19.6 Å². The van der Waals surface area contributed by atoms with Crippen LogP contribution in [0, 0.1) is 17.8 Å². The summed E-state index contributed by atoms with van der Waals surface area (Å²) in [7, 11) is 0. The van der Waals surface area contributed by atoms with E-state index < -0.39 is 0 Å². The van der Waals surface area contributed by atoms with E-state index in [1.807, 2.05) is 57.6 Å². The Morgan fingerprint density at radius 2 is 1.89 bits per heavy atom. The van der Waals surface area contributed by atoms with E-state index in [4.69, 9.17) is 0 Å². The predicted octanol–water partition coefficient (Wildman–Crippen LogP) is 3.25. The molecule has 2 fully saturated rings. The van der Waals surface area contributed by atoms with Gasteiger partial charge in [0.1, 0.15) is 0 Å². The van der Waals surface area contributed by atoms with Gasteiger partial charge in [-0.2, -0.15) is 0 Å². The lowest BCUT2D eigenvalue weighted by molar-refractivity contribution is -0.131. The number of nitrogens with zero attached hydrogens (tertiary/aromatic N) is 2. The molecule has 138 valence electrons. The first kappa shape index (κ1) is 17.8. The second kappa shape index (κ2) is 7.98. The summed E-state index contributed by atoms with van der Waals surface area (Å²) in [6.07, 6.45) is 2.87. The molecule has 1 aromatic heterocycles. The van der Waals surface area contributed by atoms with Gasteiger partial charge in [0.25, 0.3) is 11.8 Å². The Bertz CT molecular complexity index is 867. The Kier molecular flexibility index (Phi) is 5.26. The highest BCUT2D eigenvalue weighted by Crippen LogP contribution is 2.31. The number of likely N-dealkylation sites (tertiary alicyclic amines) is 2. The molecule has 0 N–H and O–H groups in total. The van der Waals surface area contributed by atoms with Gasteiger partial charge in [0.05, 0.1) is 4.88 Å². The number of amides is 2. The van der Waals surface area contributed by atoms with Crippen LogP contribution >= 0.6 is 11.3 Å². The lowest BCUT2D eigenvalue weighted by Crippen LogP contribution is -2.56. The number of benzene rings is 1. The van der Waals surface area contributed by atoms with Gasteiger partial charge in [0, 0.05) is 37.2 Å². The van der Waals surface area contributed by atoms with Crippen molar-refractivity contribution in [3.63, 3.8) is 0 Å². The van der Waals surface area contributed by atoms with Crippen LogP contribution in [0.25, 0.3) is 0 Å². The zero-order valence-corrected chi connectivity index (χ0v) is 16.0. The highest BCUT2D eigenvalue weighted by Gasteiger charge is 2.39. The fourth-order valence-electron chi connectivity index (χ4n) is 4.12. The fraction of sp³-hybridized carbons (Fsp3) is 0.364. The van der Waals surface area contributed by atoms with Crippen molar-refractivity contribution in [2.24, 2.45) is 5.92 Å². The minimum atomic E-state index is -0.0911. The van der Waals surface area contributed by atoms with Gasteiger partial charge >= 0.3 is 0 Å². The molecule has 1 aromatic carbocycles. The molecule has 0 radical (unpaired) electrons. The van der Waals surface area contributed by atoms with Crippen LogP contribution in [0.15, 0.2) is 47.8 Å². The van der Waals surface area contributed by atoms with Crippen molar-refractivity contribution < 1.29 is 9.59 Å². The SMILES string of the molecule is O=C(c1cccs1)N1CC[C@H]2[C@H](CCCN2C(=O)C#Cc2ccccc2)C1. The molecule has 2 saturated heterocycles. The molecule has 3 heterocycles. The molecule has 0 aliphatic carbocycles. The Morgan fingerprint density at radius 3 is 2.67 bits per heavy atom. The van der Waals surface area contributed by atoms with Crippen LogP contribution in [0.4, 0.5) is 0 Å². The number of carbonyl (C=O) groups is 2. The molecule has 2 aromatic rings. The maximum atomic E-state index is 12.7. The molecule has 2 amide bonds. The average molecular weight is 378 g/mol. The van der Waals surface area contributed by atoms with Crippen LogP contribution in [-0.2, 0) is 4.79 Å². The number of rotatable bonds is 1. The number of thiophene rings is 1.